The molecule has 1 heterocycles. The minimum atomic E-state index is -0.0446. The molecule has 150 valence electrons. The third-order valence-electron chi connectivity index (χ3n) is 3.98. The summed E-state index contributed by atoms with van der Waals surface area (Å²) in [4.78, 5) is 10.6. The number of ether oxygens (including phenoxy) is 1. The van der Waals surface area contributed by atoms with Crippen LogP contribution >= 0.6 is 24.0 Å². The van der Waals surface area contributed by atoms with E-state index in [-0.39, 0.29) is 29.4 Å². The topological polar surface area (TPSA) is 62.9 Å². The molecule has 0 radical (unpaired) electrons. The highest BCUT2D eigenvalue weighted by molar-refractivity contribution is 14.0. The van der Waals surface area contributed by atoms with Crippen LogP contribution in [0.25, 0.3) is 0 Å². The molecule has 0 unspecified atom stereocenters. The molecular formula is C20H31IN4O2. The van der Waals surface area contributed by atoms with Crippen molar-refractivity contribution in [1.29, 1.82) is 0 Å². The van der Waals surface area contributed by atoms with Crippen molar-refractivity contribution in [3.63, 3.8) is 0 Å². The number of halogens is 1. The molecule has 0 aliphatic rings. The van der Waals surface area contributed by atoms with Crippen LogP contribution in [0.3, 0.4) is 0 Å². The van der Waals surface area contributed by atoms with Gasteiger partial charge in [-0.25, -0.2) is 4.98 Å². The lowest BCUT2D eigenvalue weighted by atomic mass is 9.94. The highest BCUT2D eigenvalue weighted by Crippen LogP contribution is 2.22. The predicted octanol–water partition coefficient (Wildman–Crippen LogP) is 3.98. The number of hydrogen-bond donors (Lipinski definition) is 1. The molecule has 6 nitrogen and oxygen atoms in total. The second kappa shape index (κ2) is 10.5. The Labute approximate surface area is 179 Å². The molecule has 0 saturated carbocycles. The van der Waals surface area contributed by atoms with Crippen LogP contribution in [-0.2, 0) is 12.0 Å². The van der Waals surface area contributed by atoms with E-state index < -0.39 is 0 Å². The van der Waals surface area contributed by atoms with Crippen molar-refractivity contribution in [2.24, 2.45) is 4.99 Å². The van der Waals surface area contributed by atoms with Gasteiger partial charge in [-0.05, 0) is 19.1 Å². The molecule has 0 amide bonds. The van der Waals surface area contributed by atoms with E-state index in [1.807, 2.05) is 36.2 Å². The first-order chi connectivity index (χ1) is 12.3. The largest absolute Gasteiger partial charge is 0.492 e. The number of hydrogen-bond acceptors (Lipinski definition) is 4. The first kappa shape index (κ1) is 23.3. The minimum Gasteiger partial charge on any atom is -0.492 e. The lowest BCUT2D eigenvalue weighted by Crippen LogP contribution is -2.40. The molecule has 1 N–H and O–H groups in total. The van der Waals surface area contributed by atoms with Crippen molar-refractivity contribution in [2.45, 2.75) is 39.7 Å². The maximum Gasteiger partial charge on any atom is 0.213 e. The van der Waals surface area contributed by atoms with Crippen molar-refractivity contribution >= 4 is 29.9 Å². The van der Waals surface area contributed by atoms with Gasteiger partial charge in [-0.15, -0.1) is 24.0 Å². The van der Waals surface area contributed by atoms with Crippen molar-refractivity contribution in [3.05, 3.63) is 47.7 Å². The monoisotopic (exact) mass is 486 g/mol. The summed E-state index contributed by atoms with van der Waals surface area (Å²) in [5.74, 6) is 3.18. The number of oxazole rings is 1. The summed E-state index contributed by atoms with van der Waals surface area (Å²) in [6.07, 6.45) is 1.79. The third kappa shape index (κ3) is 7.40. The van der Waals surface area contributed by atoms with Gasteiger partial charge in [0.05, 0.1) is 19.3 Å². The second-order valence-electron chi connectivity index (χ2n) is 7.35. The molecule has 7 heteroatoms. The van der Waals surface area contributed by atoms with Crippen LogP contribution in [0.1, 0.15) is 38.0 Å². The van der Waals surface area contributed by atoms with Crippen molar-refractivity contribution in [2.75, 3.05) is 27.2 Å². The van der Waals surface area contributed by atoms with Crippen LogP contribution in [0.15, 0.2) is 39.9 Å². The maximum absolute atomic E-state index is 5.80. The molecule has 0 bridgehead atoms. The van der Waals surface area contributed by atoms with E-state index in [4.69, 9.17) is 9.15 Å². The number of benzene rings is 1. The number of aryl methyl sites for hydroxylation is 1. The van der Waals surface area contributed by atoms with Gasteiger partial charge in [-0.3, -0.25) is 4.99 Å². The van der Waals surface area contributed by atoms with Crippen LogP contribution in [0.4, 0.5) is 0 Å². The van der Waals surface area contributed by atoms with Gasteiger partial charge in [-0.2, -0.15) is 0 Å². The predicted molar refractivity (Wildman–Crippen MR) is 120 cm³/mol. The van der Waals surface area contributed by atoms with E-state index in [2.05, 4.69) is 43.0 Å². The zero-order valence-corrected chi connectivity index (χ0v) is 19.4. The molecule has 1 aromatic carbocycles. The summed E-state index contributed by atoms with van der Waals surface area (Å²) in [6.45, 7) is 10.2. The molecule has 0 spiro atoms. The van der Waals surface area contributed by atoms with E-state index in [1.165, 1.54) is 5.56 Å². The fourth-order valence-electron chi connectivity index (χ4n) is 2.32. The minimum absolute atomic E-state index is 0. The second-order valence-corrected chi connectivity index (χ2v) is 7.35. The van der Waals surface area contributed by atoms with Crippen molar-refractivity contribution < 1.29 is 9.15 Å². The normalized spacial score (nSPS) is 11.7. The summed E-state index contributed by atoms with van der Waals surface area (Å²) < 4.78 is 11.6. The average molecular weight is 486 g/mol. The number of aromatic nitrogens is 1. The first-order valence-corrected chi connectivity index (χ1v) is 8.86. The van der Waals surface area contributed by atoms with Gasteiger partial charge in [0, 0.05) is 19.5 Å². The molecular weight excluding hydrogens is 455 g/mol. The van der Waals surface area contributed by atoms with Crippen LogP contribution < -0.4 is 10.1 Å². The molecule has 1 aromatic heterocycles. The molecule has 27 heavy (non-hydrogen) atoms. The SMILES string of the molecule is CN=C(NCc1ncc(C(C)(C)C)o1)N(C)CCOc1ccc(C)cc1.I. The lowest BCUT2D eigenvalue weighted by molar-refractivity contribution is 0.281. The Morgan fingerprint density at radius 3 is 2.48 bits per heavy atom. The van der Waals surface area contributed by atoms with Gasteiger partial charge >= 0.3 is 0 Å². The quantitative estimate of drug-likeness (QED) is 0.380. The number of nitrogens with one attached hydrogen (secondary N) is 1. The Hall–Kier alpha value is -1.77. The van der Waals surface area contributed by atoms with E-state index in [9.17, 15) is 0 Å². The fourth-order valence-corrected chi connectivity index (χ4v) is 2.32. The Balaban J connectivity index is 0.00000364. The molecule has 0 aliphatic heterocycles. The molecule has 2 aromatic rings. The van der Waals surface area contributed by atoms with Gasteiger partial charge < -0.3 is 19.4 Å². The fraction of sp³-hybridized carbons (Fsp3) is 0.500. The Morgan fingerprint density at radius 2 is 1.93 bits per heavy atom. The van der Waals surface area contributed by atoms with Gasteiger partial charge in [0.2, 0.25) is 5.89 Å². The summed E-state index contributed by atoms with van der Waals surface area (Å²) in [6, 6.07) is 8.05. The number of aliphatic imine (C=N–C) groups is 1. The molecule has 0 saturated heterocycles. The molecule has 0 atom stereocenters. The first-order valence-electron chi connectivity index (χ1n) is 8.86. The Kier molecular flexibility index (Phi) is 9.08. The smallest absolute Gasteiger partial charge is 0.213 e. The molecule has 2 rings (SSSR count). The average Bonchev–Trinajstić information content (AvgIpc) is 3.06. The van der Waals surface area contributed by atoms with E-state index in [0.29, 0.717) is 25.6 Å². The number of likely N-dealkylation sites (N-methyl/N-ethyl adjacent to an activating group) is 1. The van der Waals surface area contributed by atoms with Gasteiger partial charge in [0.1, 0.15) is 18.1 Å². The highest BCUT2D eigenvalue weighted by Gasteiger charge is 2.19. The van der Waals surface area contributed by atoms with E-state index in [1.54, 1.807) is 13.2 Å². The number of guanidine groups is 1. The van der Waals surface area contributed by atoms with Crippen LogP contribution in [0.2, 0.25) is 0 Å². The van der Waals surface area contributed by atoms with Gasteiger partial charge in [0.25, 0.3) is 0 Å². The summed E-state index contributed by atoms with van der Waals surface area (Å²) in [5, 5.41) is 3.27. The summed E-state index contributed by atoms with van der Waals surface area (Å²) in [5.41, 5.74) is 1.18. The zero-order chi connectivity index (χ0) is 19.2. The third-order valence-corrected chi connectivity index (χ3v) is 3.98. The lowest BCUT2D eigenvalue weighted by Gasteiger charge is -2.21. The maximum atomic E-state index is 5.80. The van der Waals surface area contributed by atoms with Crippen LogP contribution in [0.5, 0.6) is 5.75 Å². The zero-order valence-electron chi connectivity index (χ0n) is 17.1. The van der Waals surface area contributed by atoms with Gasteiger partial charge in [-0.1, -0.05) is 38.5 Å². The standard InChI is InChI=1S/C20H30N4O2.HI/c1-15-7-9-16(10-8-15)25-12-11-24(6)19(21-5)23-14-18-22-13-17(26-18)20(2,3)4;/h7-10,13H,11-12,14H2,1-6H3,(H,21,23);1H. The summed E-state index contributed by atoms with van der Waals surface area (Å²) in [7, 11) is 3.74. The van der Waals surface area contributed by atoms with Crippen LogP contribution in [0, 0.1) is 6.92 Å². The molecule has 0 aliphatic carbocycles. The van der Waals surface area contributed by atoms with Crippen molar-refractivity contribution in [3.8, 4) is 5.75 Å². The number of nitrogens with zero attached hydrogens (tertiary/aromatic N) is 3. The van der Waals surface area contributed by atoms with Crippen molar-refractivity contribution in [1.82, 2.24) is 15.2 Å². The van der Waals surface area contributed by atoms with E-state index >= 15 is 0 Å². The Bertz CT molecular complexity index is 720. The Morgan fingerprint density at radius 1 is 1.26 bits per heavy atom. The summed E-state index contributed by atoms with van der Waals surface area (Å²) >= 11 is 0. The van der Waals surface area contributed by atoms with Gasteiger partial charge in [0.15, 0.2) is 5.96 Å². The van der Waals surface area contributed by atoms with E-state index in [0.717, 1.165) is 17.5 Å². The number of rotatable bonds is 6. The molecule has 0 fully saturated rings. The van der Waals surface area contributed by atoms with Crippen LogP contribution in [-0.4, -0.2) is 43.1 Å². The highest BCUT2D eigenvalue weighted by atomic mass is 127.